The molecule has 1 saturated heterocycles. The summed E-state index contributed by atoms with van der Waals surface area (Å²) in [6, 6.07) is 0. The molecule has 1 amide bonds. The molecule has 2 rings (SSSR count). The fraction of sp³-hybridized carbons (Fsp3) is 0.889. The van der Waals surface area contributed by atoms with Crippen molar-refractivity contribution in [1.82, 2.24) is 4.90 Å². The van der Waals surface area contributed by atoms with Gasteiger partial charge in [-0.05, 0) is 30.6 Å². The van der Waals surface area contributed by atoms with Crippen molar-refractivity contribution in [2.75, 3.05) is 19.7 Å². The van der Waals surface area contributed by atoms with Crippen molar-refractivity contribution in [2.45, 2.75) is 12.8 Å². The molecule has 0 aromatic carbocycles. The van der Waals surface area contributed by atoms with Crippen LogP contribution in [0.4, 0.5) is 4.79 Å². The third kappa shape index (κ3) is 1.50. The highest BCUT2D eigenvalue weighted by molar-refractivity contribution is 5.65. The SMILES string of the molecule is O=C(O)N1CC2CC(CO)CC2C1. The van der Waals surface area contributed by atoms with Gasteiger partial charge in [0.2, 0.25) is 0 Å². The molecule has 0 bridgehead atoms. The molecule has 2 atom stereocenters. The van der Waals surface area contributed by atoms with E-state index in [4.69, 9.17) is 10.2 Å². The van der Waals surface area contributed by atoms with Crippen LogP contribution in [0.15, 0.2) is 0 Å². The number of hydrogen-bond donors (Lipinski definition) is 2. The van der Waals surface area contributed by atoms with Gasteiger partial charge in [-0.3, -0.25) is 0 Å². The summed E-state index contributed by atoms with van der Waals surface area (Å²) in [5.41, 5.74) is 0. The highest BCUT2D eigenvalue weighted by Gasteiger charge is 2.41. The van der Waals surface area contributed by atoms with Gasteiger partial charge in [-0.1, -0.05) is 0 Å². The van der Waals surface area contributed by atoms with Crippen LogP contribution in [-0.2, 0) is 0 Å². The first-order valence-corrected chi connectivity index (χ1v) is 4.79. The minimum atomic E-state index is -0.796. The molecule has 1 saturated carbocycles. The summed E-state index contributed by atoms with van der Waals surface area (Å²) < 4.78 is 0. The van der Waals surface area contributed by atoms with Gasteiger partial charge >= 0.3 is 6.09 Å². The molecule has 2 N–H and O–H groups in total. The zero-order valence-electron chi connectivity index (χ0n) is 7.52. The van der Waals surface area contributed by atoms with Crippen LogP contribution < -0.4 is 0 Å². The lowest BCUT2D eigenvalue weighted by atomic mass is 10.0. The van der Waals surface area contributed by atoms with Crippen LogP contribution in [0, 0.1) is 17.8 Å². The van der Waals surface area contributed by atoms with Gasteiger partial charge in [0, 0.05) is 19.7 Å². The molecule has 4 nitrogen and oxygen atoms in total. The number of aliphatic hydroxyl groups is 1. The lowest BCUT2D eigenvalue weighted by Crippen LogP contribution is -2.28. The van der Waals surface area contributed by atoms with Crippen molar-refractivity contribution in [1.29, 1.82) is 0 Å². The lowest BCUT2D eigenvalue weighted by Gasteiger charge is -2.14. The van der Waals surface area contributed by atoms with Crippen LogP contribution in [0.1, 0.15) is 12.8 Å². The molecule has 1 heterocycles. The first-order valence-electron chi connectivity index (χ1n) is 4.79. The van der Waals surface area contributed by atoms with Crippen molar-refractivity contribution in [3.8, 4) is 0 Å². The second-order valence-electron chi connectivity index (χ2n) is 4.23. The maximum absolute atomic E-state index is 10.7. The third-order valence-electron chi connectivity index (χ3n) is 3.38. The predicted molar refractivity (Wildman–Crippen MR) is 46.4 cm³/mol. The van der Waals surface area contributed by atoms with E-state index in [1.807, 2.05) is 0 Å². The number of rotatable bonds is 1. The summed E-state index contributed by atoms with van der Waals surface area (Å²) in [4.78, 5) is 12.2. The van der Waals surface area contributed by atoms with Crippen LogP contribution in [0.25, 0.3) is 0 Å². The van der Waals surface area contributed by atoms with Crippen LogP contribution in [-0.4, -0.2) is 40.9 Å². The van der Waals surface area contributed by atoms with E-state index in [1.54, 1.807) is 0 Å². The number of carbonyl (C=O) groups is 1. The van der Waals surface area contributed by atoms with Crippen LogP contribution in [0.2, 0.25) is 0 Å². The van der Waals surface area contributed by atoms with Gasteiger partial charge in [-0.15, -0.1) is 0 Å². The number of fused-ring (bicyclic) bond motifs is 1. The molecular formula is C9H15NO3. The molecule has 13 heavy (non-hydrogen) atoms. The average Bonchev–Trinajstić information content (AvgIpc) is 2.58. The number of nitrogens with zero attached hydrogens (tertiary/aromatic N) is 1. The Bertz CT molecular complexity index is 205. The Morgan fingerprint density at radius 3 is 2.23 bits per heavy atom. The van der Waals surface area contributed by atoms with Gasteiger partial charge in [0.1, 0.15) is 0 Å². The lowest BCUT2D eigenvalue weighted by molar-refractivity contribution is 0.149. The number of aliphatic hydroxyl groups excluding tert-OH is 1. The van der Waals surface area contributed by atoms with Crippen molar-refractivity contribution in [3.63, 3.8) is 0 Å². The summed E-state index contributed by atoms with van der Waals surface area (Å²) in [6.07, 6.45) is 1.21. The number of amides is 1. The second kappa shape index (κ2) is 3.18. The number of likely N-dealkylation sites (tertiary alicyclic amines) is 1. The van der Waals surface area contributed by atoms with Crippen molar-refractivity contribution in [3.05, 3.63) is 0 Å². The summed E-state index contributed by atoms with van der Waals surface area (Å²) in [5, 5.41) is 17.7. The van der Waals surface area contributed by atoms with Gasteiger partial charge in [0.25, 0.3) is 0 Å². The van der Waals surface area contributed by atoms with Gasteiger partial charge < -0.3 is 15.1 Å². The van der Waals surface area contributed by atoms with Crippen LogP contribution in [0.5, 0.6) is 0 Å². The van der Waals surface area contributed by atoms with Gasteiger partial charge in [-0.2, -0.15) is 0 Å². The molecule has 2 aliphatic rings. The Kier molecular flexibility index (Phi) is 2.15. The number of hydrogen-bond acceptors (Lipinski definition) is 2. The number of carboxylic acid groups (broad SMARTS) is 1. The van der Waals surface area contributed by atoms with Crippen molar-refractivity contribution < 1.29 is 15.0 Å². The van der Waals surface area contributed by atoms with Crippen LogP contribution in [0.3, 0.4) is 0 Å². The topological polar surface area (TPSA) is 60.8 Å². The Labute approximate surface area is 77.2 Å². The molecule has 2 unspecified atom stereocenters. The summed E-state index contributed by atoms with van der Waals surface area (Å²) in [6.45, 7) is 1.62. The van der Waals surface area contributed by atoms with E-state index in [9.17, 15) is 4.79 Å². The van der Waals surface area contributed by atoms with E-state index in [0.717, 1.165) is 12.8 Å². The Morgan fingerprint density at radius 2 is 1.85 bits per heavy atom. The summed E-state index contributed by atoms with van der Waals surface area (Å²) in [7, 11) is 0. The van der Waals surface area contributed by atoms with Gasteiger partial charge in [0.05, 0.1) is 0 Å². The fourth-order valence-electron chi connectivity index (χ4n) is 2.73. The molecule has 0 spiro atoms. The molecule has 4 heteroatoms. The standard InChI is InChI=1S/C9H15NO3/c11-5-6-1-7-3-10(9(12)13)4-8(7)2-6/h6-8,11H,1-5H2,(H,12,13). The quantitative estimate of drug-likeness (QED) is 0.629. The largest absolute Gasteiger partial charge is 0.465 e. The molecule has 0 aromatic heterocycles. The second-order valence-corrected chi connectivity index (χ2v) is 4.23. The van der Waals surface area contributed by atoms with E-state index >= 15 is 0 Å². The first kappa shape index (κ1) is 8.81. The molecular weight excluding hydrogens is 170 g/mol. The molecule has 1 aliphatic carbocycles. The Morgan fingerprint density at radius 1 is 1.31 bits per heavy atom. The smallest absolute Gasteiger partial charge is 0.407 e. The average molecular weight is 185 g/mol. The molecule has 1 aliphatic heterocycles. The normalized spacial score (nSPS) is 37.9. The van der Waals surface area contributed by atoms with E-state index in [1.165, 1.54) is 4.90 Å². The summed E-state index contributed by atoms with van der Waals surface area (Å²) >= 11 is 0. The van der Waals surface area contributed by atoms with Crippen molar-refractivity contribution in [2.24, 2.45) is 17.8 Å². The van der Waals surface area contributed by atoms with Gasteiger partial charge in [-0.25, -0.2) is 4.79 Å². The van der Waals surface area contributed by atoms with E-state index < -0.39 is 6.09 Å². The maximum Gasteiger partial charge on any atom is 0.407 e. The van der Waals surface area contributed by atoms with E-state index in [2.05, 4.69) is 0 Å². The van der Waals surface area contributed by atoms with Gasteiger partial charge in [0.15, 0.2) is 0 Å². The molecule has 0 aromatic rings. The minimum absolute atomic E-state index is 0.264. The molecule has 0 radical (unpaired) electrons. The van der Waals surface area contributed by atoms with E-state index in [-0.39, 0.29) is 6.61 Å². The summed E-state index contributed by atoms with van der Waals surface area (Å²) in [5.74, 6) is 1.44. The minimum Gasteiger partial charge on any atom is -0.465 e. The maximum atomic E-state index is 10.7. The zero-order valence-corrected chi connectivity index (χ0v) is 7.52. The molecule has 74 valence electrons. The Balaban J connectivity index is 1.93. The highest BCUT2D eigenvalue weighted by Crippen LogP contribution is 2.41. The van der Waals surface area contributed by atoms with Crippen molar-refractivity contribution >= 4 is 6.09 Å². The highest BCUT2D eigenvalue weighted by atomic mass is 16.4. The third-order valence-corrected chi connectivity index (χ3v) is 3.38. The zero-order chi connectivity index (χ0) is 9.42. The monoisotopic (exact) mass is 185 g/mol. The fourth-order valence-corrected chi connectivity index (χ4v) is 2.73. The Hall–Kier alpha value is -0.770. The first-order chi connectivity index (χ1) is 6.20. The molecule has 2 fully saturated rings. The predicted octanol–water partition coefficient (Wildman–Crippen LogP) is 0.615. The van der Waals surface area contributed by atoms with E-state index in [0.29, 0.717) is 30.8 Å². The van der Waals surface area contributed by atoms with Crippen LogP contribution >= 0.6 is 0 Å².